The van der Waals surface area contributed by atoms with Gasteiger partial charge in [-0.3, -0.25) is 14.6 Å². The van der Waals surface area contributed by atoms with Crippen LogP contribution >= 0.6 is 24.0 Å². The van der Waals surface area contributed by atoms with E-state index in [1.54, 1.807) is 0 Å². The minimum atomic E-state index is -0.141. The highest BCUT2D eigenvalue weighted by atomic mass is 127. The Morgan fingerprint density at radius 1 is 1.21 bits per heavy atom. The lowest BCUT2D eigenvalue weighted by Crippen LogP contribution is -2.38. The Kier molecular flexibility index (Phi) is 12.3. The number of amides is 1. The molecule has 0 fully saturated rings. The molecular weight excluding hydrogens is 483 g/mol. The quantitative estimate of drug-likeness (QED) is 0.146. The molecule has 1 unspecified atom stereocenters. The lowest BCUT2D eigenvalue weighted by molar-refractivity contribution is -0.140. The van der Waals surface area contributed by atoms with Gasteiger partial charge in [-0.15, -0.1) is 24.0 Å². The second-order valence-corrected chi connectivity index (χ2v) is 6.92. The maximum atomic E-state index is 11.9. The van der Waals surface area contributed by atoms with E-state index in [1.807, 2.05) is 25.1 Å². The van der Waals surface area contributed by atoms with Crippen LogP contribution < -0.4 is 16.0 Å². The topological polar surface area (TPSA) is 91.8 Å². The molecular formula is C21H33IN4O3. The van der Waals surface area contributed by atoms with E-state index in [0.717, 1.165) is 56.0 Å². The number of halogens is 1. The molecule has 1 aromatic carbocycles. The Morgan fingerprint density at radius 2 is 1.97 bits per heavy atom. The van der Waals surface area contributed by atoms with Crippen molar-refractivity contribution in [3.8, 4) is 0 Å². The Morgan fingerprint density at radius 3 is 2.72 bits per heavy atom. The Balaban J connectivity index is 0.00000420. The van der Waals surface area contributed by atoms with Crippen LogP contribution in [0.3, 0.4) is 0 Å². The molecule has 0 aromatic heterocycles. The highest BCUT2D eigenvalue weighted by Crippen LogP contribution is 2.31. The zero-order valence-corrected chi connectivity index (χ0v) is 19.7. The van der Waals surface area contributed by atoms with Gasteiger partial charge in [0.25, 0.3) is 0 Å². The number of nitrogens with zero attached hydrogens (tertiary/aromatic N) is 1. The van der Waals surface area contributed by atoms with Crippen molar-refractivity contribution >= 4 is 47.5 Å². The van der Waals surface area contributed by atoms with Crippen LogP contribution in [0.1, 0.15) is 56.9 Å². The van der Waals surface area contributed by atoms with E-state index in [0.29, 0.717) is 19.4 Å². The summed E-state index contributed by atoms with van der Waals surface area (Å²) in [6.07, 6.45) is 4.90. The molecule has 162 valence electrons. The number of methoxy groups -OCH3 is 1. The summed E-state index contributed by atoms with van der Waals surface area (Å²) in [6, 6.07) is 7.93. The van der Waals surface area contributed by atoms with Gasteiger partial charge < -0.3 is 20.7 Å². The van der Waals surface area contributed by atoms with Crippen LogP contribution in [0.25, 0.3) is 0 Å². The molecule has 0 bridgehead atoms. The van der Waals surface area contributed by atoms with Crippen molar-refractivity contribution in [3.63, 3.8) is 0 Å². The predicted molar refractivity (Wildman–Crippen MR) is 127 cm³/mol. The fraction of sp³-hybridized carbons (Fsp3) is 0.571. The number of esters is 1. The van der Waals surface area contributed by atoms with E-state index in [2.05, 4.69) is 26.8 Å². The van der Waals surface area contributed by atoms with Crippen molar-refractivity contribution in [2.75, 3.05) is 32.1 Å². The minimum absolute atomic E-state index is 0. The maximum Gasteiger partial charge on any atom is 0.305 e. The molecule has 29 heavy (non-hydrogen) atoms. The number of fused-ring (bicyclic) bond motifs is 1. The number of benzene rings is 1. The summed E-state index contributed by atoms with van der Waals surface area (Å²) in [6.45, 7) is 4.21. The Labute approximate surface area is 190 Å². The summed E-state index contributed by atoms with van der Waals surface area (Å²) in [5, 5.41) is 9.54. The number of ether oxygens (including phenoxy) is 1. The van der Waals surface area contributed by atoms with Crippen molar-refractivity contribution < 1.29 is 14.3 Å². The van der Waals surface area contributed by atoms with E-state index < -0.39 is 0 Å². The summed E-state index contributed by atoms with van der Waals surface area (Å²) in [5.74, 6) is 0.778. The minimum Gasteiger partial charge on any atom is -0.469 e. The number of nitrogens with one attached hydrogen (secondary N) is 3. The van der Waals surface area contributed by atoms with Crippen LogP contribution in [0.4, 0.5) is 5.69 Å². The molecule has 1 amide bonds. The monoisotopic (exact) mass is 516 g/mol. The van der Waals surface area contributed by atoms with Crippen LogP contribution in [0.5, 0.6) is 0 Å². The fourth-order valence-corrected chi connectivity index (χ4v) is 3.26. The largest absolute Gasteiger partial charge is 0.469 e. The fourth-order valence-electron chi connectivity index (χ4n) is 3.26. The van der Waals surface area contributed by atoms with E-state index in [9.17, 15) is 9.59 Å². The smallest absolute Gasteiger partial charge is 0.305 e. The van der Waals surface area contributed by atoms with Gasteiger partial charge in [-0.2, -0.15) is 0 Å². The standard InChI is InChI=1S/C21H32N4O3.HI/c1-3-22-21(23-13-9-5-4-6-12-20(27)28-2)24-15-16-14-19(26)25-18-11-8-7-10-17(16)18;/h7-8,10-11,16H,3-6,9,12-15H2,1-2H3,(H,25,26)(H2,22,23,24);1H. The summed E-state index contributed by atoms with van der Waals surface area (Å²) in [5.41, 5.74) is 2.04. The first kappa shape index (κ1) is 25.2. The van der Waals surface area contributed by atoms with Gasteiger partial charge in [0.05, 0.1) is 13.7 Å². The van der Waals surface area contributed by atoms with Gasteiger partial charge in [0, 0.05) is 37.5 Å². The molecule has 3 N–H and O–H groups in total. The summed E-state index contributed by atoms with van der Waals surface area (Å²) in [7, 11) is 1.42. The van der Waals surface area contributed by atoms with Gasteiger partial charge in [0.1, 0.15) is 0 Å². The zero-order valence-electron chi connectivity index (χ0n) is 17.3. The van der Waals surface area contributed by atoms with E-state index in [-0.39, 0.29) is 41.8 Å². The van der Waals surface area contributed by atoms with Crippen LogP contribution in [0.15, 0.2) is 29.3 Å². The number of aliphatic imine (C=N–C) groups is 1. The van der Waals surface area contributed by atoms with Crippen molar-refractivity contribution in [1.82, 2.24) is 10.6 Å². The van der Waals surface area contributed by atoms with Crippen LogP contribution in [-0.4, -0.2) is 44.6 Å². The van der Waals surface area contributed by atoms with Crippen molar-refractivity contribution in [1.29, 1.82) is 0 Å². The molecule has 0 aliphatic carbocycles. The van der Waals surface area contributed by atoms with Gasteiger partial charge in [-0.1, -0.05) is 31.0 Å². The number of carbonyl (C=O) groups excluding carboxylic acids is 2. The Bertz CT molecular complexity index is 682. The van der Waals surface area contributed by atoms with Gasteiger partial charge in [0.2, 0.25) is 5.91 Å². The number of unbranched alkanes of at least 4 members (excludes halogenated alkanes) is 3. The first-order valence-electron chi connectivity index (χ1n) is 10.1. The third-order valence-electron chi connectivity index (χ3n) is 4.75. The zero-order chi connectivity index (χ0) is 20.2. The number of rotatable bonds is 10. The molecule has 0 spiro atoms. The van der Waals surface area contributed by atoms with E-state index in [4.69, 9.17) is 4.99 Å². The number of anilines is 1. The van der Waals surface area contributed by atoms with Gasteiger partial charge in [-0.25, -0.2) is 0 Å². The lowest BCUT2D eigenvalue weighted by atomic mass is 9.91. The predicted octanol–water partition coefficient (Wildman–Crippen LogP) is 3.41. The maximum absolute atomic E-state index is 11.9. The summed E-state index contributed by atoms with van der Waals surface area (Å²) >= 11 is 0. The number of carbonyl (C=O) groups is 2. The van der Waals surface area contributed by atoms with Gasteiger partial charge in [0.15, 0.2) is 5.96 Å². The average Bonchev–Trinajstić information content (AvgIpc) is 2.70. The first-order valence-corrected chi connectivity index (χ1v) is 10.1. The highest BCUT2D eigenvalue weighted by Gasteiger charge is 2.24. The van der Waals surface area contributed by atoms with Crippen molar-refractivity contribution in [2.45, 2.75) is 51.4 Å². The second kappa shape index (κ2) is 14.2. The number of hydrogen-bond donors (Lipinski definition) is 3. The van der Waals surface area contributed by atoms with Gasteiger partial charge in [-0.05, 0) is 31.4 Å². The molecule has 1 aliphatic heterocycles. The first-order chi connectivity index (χ1) is 13.6. The summed E-state index contributed by atoms with van der Waals surface area (Å²) < 4.78 is 4.64. The second-order valence-electron chi connectivity index (χ2n) is 6.92. The molecule has 1 heterocycles. The Hall–Kier alpha value is -1.84. The number of guanidine groups is 1. The van der Waals surface area contributed by atoms with Crippen LogP contribution in [-0.2, 0) is 14.3 Å². The lowest BCUT2D eigenvalue weighted by Gasteiger charge is -2.24. The molecule has 1 atom stereocenters. The molecule has 7 nitrogen and oxygen atoms in total. The summed E-state index contributed by atoms with van der Waals surface area (Å²) in [4.78, 5) is 27.7. The molecule has 0 saturated heterocycles. The molecule has 1 aliphatic rings. The third kappa shape index (κ3) is 9.01. The number of hydrogen-bond acceptors (Lipinski definition) is 4. The number of para-hydroxylation sites is 1. The SMILES string of the molecule is CCNC(=NCC1CC(=O)Nc2ccccc21)NCCCCCCC(=O)OC.I. The van der Waals surface area contributed by atoms with E-state index in [1.165, 1.54) is 7.11 Å². The van der Waals surface area contributed by atoms with Crippen molar-refractivity contribution in [2.24, 2.45) is 4.99 Å². The molecule has 0 radical (unpaired) electrons. The average molecular weight is 516 g/mol. The molecule has 8 heteroatoms. The van der Waals surface area contributed by atoms with Crippen LogP contribution in [0.2, 0.25) is 0 Å². The van der Waals surface area contributed by atoms with Crippen LogP contribution in [0, 0.1) is 0 Å². The molecule has 0 saturated carbocycles. The molecule has 1 aromatic rings. The molecule has 2 rings (SSSR count). The normalized spacial score (nSPS) is 15.6. The van der Waals surface area contributed by atoms with Gasteiger partial charge >= 0.3 is 5.97 Å². The highest BCUT2D eigenvalue weighted by molar-refractivity contribution is 14.0. The third-order valence-corrected chi connectivity index (χ3v) is 4.75. The van der Waals surface area contributed by atoms with E-state index >= 15 is 0 Å². The van der Waals surface area contributed by atoms with Crippen molar-refractivity contribution in [3.05, 3.63) is 29.8 Å².